The first kappa shape index (κ1) is 10.3. The maximum absolute atomic E-state index is 5.55. The molecule has 16 heavy (non-hydrogen) atoms. The Bertz CT molecular complexity index is 494. The maximum atomic E-state index is 5.55. The molecule has 2 N–H and O–H groups in total. The SMILES string of the molecule is CCOc1nc(N)nc(-n2cc(C)cn2)n1. The zero-order valence-electron chi connectivity index (χ0n) is 9.08. The van der Waals surface area contributed by atoms with Crippen LogP contribution in [0, 0.1) is 6.92 Å². The van der Waals surface area contributed by atoms with Crippen molar-refractivity contribution in [2.24, 2.45) is 0 Å². The predicted molar refractivity (Wildman–Crippen MR) is 57.3 cm³/mol. The molecule has 0 aliphatic heterocycles. The molecule has 0 fully saturated rings. The van der Waals surface area contributed by atoms with Gasteiger partial charge in [0.15, 0.2) is 0 Å². The molecule has 0 radical (unpaired) electrons. The minimum atomic E-state index is 0.113. The van der Waals surface area contributed by atoms with E-state index in [1.54, 1.807) is 12.4 Å². The first-order valence-electron chi connectivity index (χ1n) is 4.85. The second kappa shape index (κ2) is 4.13. The highest BCUT2D eigenvalue weighted by molar-refractivity contribution is 5.25. The van der Waals surface area contributed by atoms with Gasteiger partial charge in [-0.05, 0) is 19.4 Å². The van der Waals surface area contributed by atoms with E-state index in [1.807, 2.05) is 13.8 Å². The van der Waals surface area contributed by atoms with Crippen molar-refractivity contribution in [2.75, 3.05) is 12.3 Å². The average molecular weight is 220 g/mol. The number of ether oxygens (including phenoxy) is 1. The molecule has 0 aliphatic carbocycles. The van der Waals surface area contributed by atoms with Gasteiger partial charge in [-0.15, -0.1) is 0 Å². The predicted octanol–water partition coefficient (Wildman–Crippen LogP) is 0.347. The van der Waals surface area contributed by atoms with Crippen LogP contribution in [0.1, 0.15) is 12.5 Å². The van der Waals surface area contributed by atoms with Gasteiger partial charge in [-0.25, -0.2) is 4.68 Å². The molecule has 7 heteroatoms. The first-order valence-corrected chi connectivity index (χ1v) is 4.85. The third kappa shape index (κ3) is 2.08. The Morgan fingerprint density at radius 1 is 1.38 bits per heavy atom. The van der Waals surface area contributed by atoms with Crippen LogP contribution in [0.2, 0.25) is 0 Å². The highest BCUT2D eigenvalue weighted by Gasteiger charge is 2.07. The van der Waals surface area contributed by atoms with Gasteiger partial charge in [0.05, 0.1) is 12.8 Å². The van der Waals surface area contributed by atoms with Crippen molar-refractivity contribution in [1.29, 1.82) is 0 Å². The standard InChI is InChI=1S/C9H12N6O/c1-3-16-9-13-7(10)12-8(14-9)15-5-6(2)4-11-15/h4-5H,3H2,1-2H3,(H2,10,12,13,14). The Hall–Kier alpha value is -2.18. The van der Waals surface area contributed by atoms with Gasteiger partial charge in [-0.3, -0.25) is 0 Å². The molecule has 0 amide bonds. The van der Waals surface area contributed by atoms with Crippen LogP contribution in [0.25, 0.3) is 5.95 Å². The van der Waals surface area contributed by atoms with E-state index < -0.39 is 0 Å². The minimum Gasteiger partial charge on any atom is -0.464 e. The number of nitrogens with two attached hydrogens (primary N) is 1. The summed E-state index contributed by atoms with van der Waals surface area (Å²) in [4.78, 5) is 11.9. The van der Waals surface area contributed by atoms with Crippen molar-refractivity contribution < 1.29 is 4.74 Å². The summed E-state index contributed by atoms with van der Waals surface area (Å²) in [5, 5.41) is 4.08. The molecule has 0 aliphatic rings. The normalized spacial score (nSPS) is 10.4. The van der Waals surface area contributed by atoms with E-state index in [0.29, 0.717) is 12.6 Å². The van der Waals surface area contributed by atoms with Crippen LogP contribution in [0.5, 0.6) is 6.01 Å². The first-order chi connectivity index (χ1) is 7.69. The summed E-state index contributed by atoms with van der Waals surface area (Å²) in [5.41, 5.74) is 6.56. The van der Waals surface area contributed by atoms with Crippen LogP contribution in [-0.4, -0.2) is 31.3 Å². The molecule has 0 saturated carbocycles. The number of hydrogen-bond acceptors (Lipinski definition) is 6. The van der Waals surface area contributed by atoms with Gasteiger partial charge in [0.2, 0.25) is 5.95 Å². The fourth-order valence-corrected chi connectivity index (χ4v) is 1.18. The zero-order valence-corrected chi connectivity index (χ0v) is 9.08. The molecule has 0 saturated heterocycles. The summed E-state index contributed by atoms with van der Waals surface area (Å²) in [6, 6.07) is 0.207. The van der Waals surface area contributed by atoms with E-state index in [-0.39, 0.29) is 12.0 Å². The molecule has 7 nitrogen and oxygen atoms in total. The van der Waals surface area contributed by atoms with E-state index in [1.165, 1.54) is 4.68 Å². The number of nitrogens with zero attached hydrogens (tertiary/aromatic N) is 5. The summed E-state index contributed by atoms with van der Waals surface area (Å²) in [6.07, 6.45) is 3.50. The van der Waals surface area contributed by atoms with Crippen molar-refractivity contribution in [3.8, 4) is 12.0 Å². The van der Waals surface area contributed by atoms with Gasteiger partial charge < -0.3 is 10.5 Å². The summed E-state index contributed by atoms with van der Waals surface area (Å²) in [6.45, 7) is 4.25. The maximum Gasteiger partial charge on any atom is 0.323 e. The van der Waals surface area contributed by atoms with Crippen molar-refractivity contribution in [3.05, 3.63) is 18.0 Å². The van der Waals surface area contributed by atoms with Crippen LogP contribution in [0.3, 0.4) is 0 Å². The fraction of sp³-hybridized carbons (Fsp3) is 0.333. The lowest BCUT2D eigenvalue weighted by Gasteiger charge is -2.04. The highest BCUT2D eigenvalue weighted by atomic mass is 16.5. The highest BCUT2D eigenvalue weighted by Crippen LogP contribution is 2.08. The van der Waals surface area contributed by atoms with E-state index in [2.05, 4.69) is 20.1 Å². The number of nitrogen functional groups attached to an aromatic ring is 1. The fourth-order valence-electron chi connectivity index (χ4n) is 1.18. The Balaban J connectivity index is 2.40. The molecule has 2 heterocycles. The zero-order chi connectivity index (χ0) is 11.5. The van der Waals surface area contributed by atoms with E-state index in [9.17, 15) is 0 Å². The Morgan fingerprint density at radius 2 is 2.19 bits per heavy atom. The molecule has 84 valence electrons. The van der Waals surface area contributed by atoms with Crippen LogP contribution >= 0.6 is 0 Å². The van der Waals surface area contributed by atoms with Crippen LogP contribution < -0.4 is 10.5 Å². The number of rotatable bonds is 3. The summed E-state index contributed by atoms with van der Waals surface area (Å²) >= 11 is 0. The van der Waals surface area contributed by atoms with Crippen LogP contribution in [0.4, 0.5) is 5.95 Å². The summed E-state index contributed by atoms with van der Waals surface area (Å²) < 4.78 is 6.70. The van der Waals surface area contributed by atoms with Crippen LogP contribution in [0.15, 0.2) is 12.4 Å². The molecule has 0 atom stereocenters. The van der Waals surface area contributed by atoms with E-state index >= 15 is 0 Å². The molecular weight excluding hydrogens is 208 g/mol. The molecule has 2 aromatic heterocycles. The van der Waals surface area contributed by atoms with Crippen molar-refractivity contribution in [1.82, 2.24) is 24.7 Å². The second-order valence-electron chi connectivity index (χ2n) is 3.17. The number of anilines is 1. The smallest absolute Gasteiger partial charge is 0.323 e. The van der Waals surface area contributed by atoms with E-state index in [0.717, 1.165) is 5.56 Å². The van der Waals surface area contributed by atoms with Crippen LogP contribution in [-0.2, 0) is 0 Å². The third-order valence-corrected chi connectivity index (χ3v) is 1.81. The molecule has 0 spiro atoms. The molecule has 0 unspecified atom stereocenters. The third-order valence-electron chi connectivity index (χ3n) is 1.81. The van der Waals surface area contributed by atoms with Gasteiger partial charge in [0.1, 0.15) is 0 Å². The molecule has 2 rings (SSSR count). The lowest BCUT2D eigenvalue weighted by Crippen LogP contribution is -2.09. The minimum absolute atomic E-state index is 0.113. The van der Waals surface area contributed by atoms with Gasteiger partial charge in [-0.1, -0.05) is 0 Å². The number of hydrogen-bond donors (Lipinski definition) is 1. The topological polar surface area (TPSA) is 91.7 Å². The molecule has 0 bridgehead atoms. The Labute approximate surface area is 92.3 Å². The molecule has 0 aromatic carbocycles. The Morgan fingerprint density at radius 3 is 2.81 bits per heavy atom. The summed E-state index contributed by atoms with van der Waals surface area (Å²) in [5.74, 6) is 0.464. The monoisotopic (exact) mass is 220 g/mol. The number of aromatic nitrogens is 5. The quantitative estimate of drug-likeness (QED) is 0.802. The lowest BCUT2D eigenvalue weighted by atomic mass is 10.4. The van der Waals surface area contributed by atoms with Gasteiger partial charge in [0, 0.05) is 6.20 Å². The molecular formula is C9H12N6O. The lowest BCUT2D eigenvalue weighted by molar-refractivity contribution is 0.311. The largest absolute Gasteiger partial charge is 0.464 e. The molecule has 2 aromatic rings. The van der Waals surface area contributed by atoms with E-state index in [4.69, 9.17) is 10.5 Å². The van der Waals surface area contributed by atoms with Crippen molar-refractivity contribution in [2.45, 2.75) is 13.8 Å². The second-order valence-corrected chi connectivity index (χ2v) is 3.17. The van der Waals surface area contributed by atoms with Gasteiger partial charge >= 0.3 is 6.01 Å². The number of aryl methyl sites for hydroxylation is 1. The van der Waals surface area contributed by atoms with Crippen molar-refractivity contribution >= 4 is 5.95 Å². The van der Waals surface area contributed by atoms with Gasteiger partial charge in [0.25, 0.3) is 5.95 Å². The average Bonchev–Trinajstić information content (AvgIpc) is 2.64. The Kier molecular flexibility index (Phi) is 2.67. The summed E-state index contributed by atoms with van der Waals surface area (Å²) in [7, 11) is 0. The van der Waals surface area contributed by atoms with Gasteiger partial charge in [-0.2, -0.15) is 20.1 Å². The van der Waals surface area contributed by atoms with Crippen molar-refractivity contribution in [3.63, 3.8) is 0 Å².